The lowest BCUT2D eigenvalue weighted by Gasteiger charge is -2.15. The van der Waals surface area contributed by atoms with Crippen LogP contribution in [0.25, 0.3) is 0 Å². The first-order chi connectivity index (χ1) is 32.3. The third-order valence-electron chi connectivity index (χ3n) is 11.4. The number of rotatable bonds is 36. The number of hydrogen-bond donors (Lipinski definition) is 4. The molecule has 0 fully saturated rings. The predicted octanol–water partition coefficient (Wildman–Crippen LogP) is 12.8. The van der Waals surface area contributed by atoms with Crippen molar-refractivity contribution >= 4 is 23.6 Å². The molecule has 0 aromatic heterocycles. The average Bonchev–Trinajstić information content (AvgIpc) is 3.34. The lowest BCUT2D eigenvalue weighted by Crippen LogP contribution is -2.42. The molecule has 0 unspecified atom stereocenters. The van der Waals surface area contributed by atoms with Gasteiger partial charge in [0.1, 0.15) is 0 Å². The van der Waals surface area contributed by atoms with Gasteiger partial charge in [-0.15, -0.1) is 0 Å². The second-order valence-electron chi connectivity index (χ2n) is 17.2. The van der Waals surface area contributed by atoms with E-state index >= 15 is 0 Å². The Morgan fingerprint density at radius 2 is 0.576 bits per heavy atom. The van der Waals surface area contributed by atoms with Gasteiger partial charge in [-0.2, -0.15) is 0 Å². The number of carbonyl (C=O) groups is 4. The molecule has 0 aliphatic carbocycles. The van der Waals surface area contributed by atoms with E-state index in [1.165, 1.54) is 108 Å². The number of unbranched alkanes of at least 4 members (excludes halogenated alkanes) is 20. The van der Waals surface area contributed by atoms with Crippen LogP contribution in [0, 0.1) is 0 Å². The normalized spacial score (nSPS) is 10.8. The van der Waals surface area contributed by atoms with Crippen molar-refractivity contribution in [3.05, 3.63) is 82.9 Å². The van der Waals surface area contributed by atoms with Crippen LogP contribution in [0.3, 0.4) is 0 Å². The maximum absolute atomic E-state index is 13.3. The van der Waals surface area contributed by atoms with Crippen LogP contribution < -0.4 is 40.7 Å². The highest BCUT2D eigenvalue weighted by molar-refractivity contribution is 6.03. The summed E-state index contributed by atoms with van der Waals surface area (Å²) in [5, 5.41) is 0. The van der Waals surface area contributed by atoms with E-state index in [4.69, 9.17) is 18.9 Å². The van der Waals surface area contributed by atoms with Gasteiger partial charge >= 0.3 is 0 Å². The van der Waals surface area contributed by atoms with Crippen LogP contribution >= 0.6 is 0 Å². The van der Waals surface area contributed by atoms with Gasteiger partial charge in [-0.05, 0) is 80.3 Å². The lowest BCUT2D eigenvalue weighted by atomic mass is 10.1. The third-order valence-corrected chi connectivity index (χ3v) is 11.4. The van der Waals surface area contributed by atoms with E-state index in [1.807, 2.05) is 0 Å². The molecular formula is C54H82N4O8. The maximum Gasteiger partial charge on any atom is 0.269 e. The molecule has 66 heavy (non-hydrogen) atoms. The van der Waals surface area contributed by atoms with Crippen LogP contribution in [-0.4, -0.2) is 50.1 Å². The minimum absolute atomic E-state index is 0.124. The Kier molecular flexibility index (Phi) is 29.2. The topological polar surface area (TPSA) is 153 Å². The molecule has 4 amide bonds. The summed E-state index contributed by atoms with van der Waals surface area (Å²) in [4.78, 5) is 52.9. The zero-order valence-corrected chi connectivity index (χ0v) is 40.8. The van der Waals surface area contributed by atoms with Crippen LogP contribution in [0.4, 0.5) is 0 Å². The molecule has 0 atom stereocenters. The summed E-state index contributed by atoms with van der Waals surface area (Å²) in [6, 6.07) is 16.0. The van der Waals surface area contributed by atoms with E-state index in [-0.39, 0.29) is 22.3 Å². The molecule has 366 valence electrons. The van der Waals surface area contributed by atoms with Gasteiger partial charge in [0.05, 0.1) is 26.4 Å². The first-order valence-corrected chi connectivity index (χ1v) is 25.4. The van der Waals surface area contributed by atoms with Crippen LogP contribution in [0.5, 0.6) is 23.0 Å². The summed E-state index contributed by atoms with van der Waals surface area (Å²) in [6.07, 6.45) is 27.3. The standard InChI is InChI=1S/C54H82N4O8/c1-5-9-13-17-21-25-36-63-47-34-32-45(41-49(47)65-38-27-23-19-15-11-7-3)53(61)57-55-51(59)43-30-29-31-44(40-43)52(60)56-58-54(62)46-33-35-48(64-37-26-22-18-14-10-6-2)50(42-46)66-39-28-24-20-16-12-8-4/h29-35,40-42H,5-28,36-39H2,1-4H3,(H,55,59)(H,56,60)(H,57,61)(H,58,62). The summed E-state index contributed by atoms with van der Waals surface area (Å²) in [6.45, 7) is 10.9. The van der Waals surface area contributed by atoms with Crippen LogP contribution in [0.15, 0.2) is 60.7 Å². The number of nitrogens with one attached hydrogen (secondary N) is 4. The number of hydrazine groups is 2. The molecule has 0 radical (unpaired) electrons. The van der Waals surface area contributed by atoms with E-state index in [0.717, 1.165) is 64.2 Å². The van der Waals surface area contributed by atoms with Crippen LogP contribution in [0.1, 0.15) is 223 Å². The molecule has 3 rings (SSSR count). The monoisotopic (exact) mass is 915 g/mol. The number of amides is 4. The first-order valence-electron chi connectivity index (χ1n) is 25.4. The Labute approximate surface area is 396 Å². The molecule has 0 saturated heterocycles. The zero-order chi connectivity index (χ0) is 47.5. The molecule has 0 saturated carbocycles. The van der Waals surface area contributed by atoms with Crippen molar-refractivity contribution in [3.63, 3.8) is 0 Å². The van der Waals surface area contributed by atoms with Crippen molar-refractivity contribution in [1.82, 2.24) is 21.7 Å². The molecule has 12 nitrogen and oxygen atoms in total. The molecule has 0 aliphatic rings. The van der Waals surface area contributed by atoms with Crippen molar-refractivity contribution in [2.45, 2.75) is 182 Å². The van der Waals surface area contributed by atoms with Gasteiger partial charge in [-0.1, -0.05) is 162 Å². The van der Waals surface area contributed by atoms with Crippen molar-refractivity contribution in [2.75, 3.05) is 26.4 Å². The number of benzene rings is 3. The molecule has 0 heterocycles. The predicted molar refractivity (Wildman–Crippen MR) is 265 cm³/mol. The highest BCUT2D eigenvalue weighted by Gasteiger charge is 2.17. The number of hydrogen-bond acceptors (Lipinski definition) is 8. The molecule has 0 bridgehead atoms. The fourth-order valence-electron chi connectivity index (χ4n) is 7.34. The summed E-state index contributed by atoms with van der Waals surface area (Å²) < 4.78 is 24.5. The van der Waals surface area contributed by atoms with Gasteiger partial charge in [0.15, 0.2) is 23.0 Å². The van der Waals surface area contributed by atoms with E-state index in [9.17, 15) is 19.2 Å². The maximum atomic E-state index is 13.3. The number of carbonyl (C=O) groups excluding carboxylic acids is 4. The third kappa shape index (κ3) is 22.8. The molecule has 4 N–H and O–H groups in total. The van der Waals surface area contributed by atoms with Gasteiger partial charge in [0.25, 0.3) is 23.6 Å². The Balaban J connectivity index is 1.57. The van der Waals surface area contributed by atoms with E-state index in [0.29, 0.717) is 49.4 Å². The van der Waals surface area contributed by atoms with Crippen LogP contribution in [-0.2, 0) is 0 Å². The Bertz CT molecular complexity index is 1710. The van der Waals surface area contributed by atoms with Gasteiger partial charge in [-0.3, -0.25) is 40.9 Å². The second-order valence-corrected chi connectivity index (χ2v) is 17.2. The molecule has 3 aromatic carbocycles. The van der Waals surface area contributed by atoms with Crippen molar-refractivity contribution in [3.8, 4) is 23.0 Å². The first kappa shape index (κ1) is 55.1. The molecule has 0 spiro atoms. The van der Waals surface area contributed by atoms with E-state index < -0.39 is 23.6 Å². The average molecular weight is 915 g/mol. The zero-order valence-electron chi connectivity index (χ0n) is 40.8. The smallest absolute Gasteiger partial charge is 0.269 e. The molecular weight excluding hydrogens is 833 g/mol. The fourth-order valence-corrected chi connectivity index (χ4v) is 7.34. The molecule has 0 aliphatic heterocycles. The summed E-state index contributed by atoms with van der Waals surface area (Å²) in [7, 11) is 0. The van der Waals surface area contributed by atoms with E-state index in [1.54, 1.807) is 42.5 Å². The summed E-state index contributed by atoms with van der Waals surface area (Å²) in [5.41, 5.74) is 10.6. The van der Waals surface area contributed by atoms with Crippen molar-refractivity contribution in [2.24, 2.45) is 0 Å². The van der Waals surface area contributed by atoms with Gasteiger partial charge in [-0.25, -0.2) is 0 Å². The van der Waals surface area contributed by atoms with Crippen LogP contribution in [0.2, 0.25) is 0 Å². The molecule has 3 aromatic rings. The van der Waals surface area contributed by atoms with Crippen molar-refractivity contribution < 1.29 is 38.1 Å². The summed E-state index contributed by atoms with van der Waals surface area (Å²) in [5.74, 6) is -0.204. The fraction of sp³-hybridized carbons (Fsp3) is 0.593. The SMILES string of the molecule is CCCCCCCCOc1ccc(C(=O)NNC(=O)c2cccc(C(=O)NNC(=O)c3ccc(OCCCCCCCC)c(OCCCCCCCC)c3)c2)cc1OCCCCCCCC. The Morgan fingerprint density at radius 1 is 0.318 bits per heavy atom. The second kappa shape index (κ2) is 35.0. The number of ether oxygens (including phenoxy) is 4. The minimum atomic E-state index is -0.632. The quantitative estimate of drug-likeness (QED) is 0.0332. The molecule has 12 heteroatoms. The summed E-state index contributed by atoms with van der Waals surface area (Å²) >= 11 is 0. The highest BCUT2D eigenvalue weighted by atomic mass is 16.5. The Morgan fingerprint density at radius 3 is 0.879 bits per heavy atom. The largest absolute Gasteiger partial charge is 0.490 e. The van der Waals surface area contributed by atoms with Gasteiger partial charge in [0.2, 0.25) is 0 Å². The lowest BCUT2D eigenvalue weighted by molar-refractivity contribution is 0.0842. The Hall–Kier alpha value is -5.26. The van der Waals surface area contributed by atoms with Gasteiger partial charge < -0.3 is 18.9 Å². The minimum Gasteiger partial charge on any atom is -0.490 e. The van der Waals surface area contributed by atoms with Gasteiger partial charge in [0, 0.05) is 22.3 Å². The highest BCUT2D eigenvalue weighted by Crippen LogP contribution is 2.31. The van der Waals surface area contributed by atoms with Crippen molar-refractivity contribution in [1.29, 1.82) is 0 Å². The van der Waals surface area contributed by atoms with E-state index in [2.05, 4.69) is 49.4 Å².